The number of carbonyl (C=O) groups excluding carboxylic acids is 2. The summed E-state index contributed by atoms with van der Waals surface area (Å²) in [6.45, 7) is 0. The minimum absolute atomic E-state index is 0.285. The third-order valence-corrected chi connectivity index (χ3v) is 3.04. The summed E-state index contributed by atoms with van der Waals surface area (Å²) in [5.41, 5.74) is 6.38. The second-order valence-corrected chi connectivity index (χ2v) is 4.55. The summed E-state index contributed by atoms with van der Waals surface area (Å²) in [6.07, 6.45) is 0. The predicted molar refractivity (Wildman–Crippen MR) is 77.0 cm³/mol. The molecule has 0 aliphatic rings. The minimum atomic E-state index is -1.07. The molecule has 6 heteroatoms. The van der Waals surface area contributed by atoms with E-state index in [2.05, 4.69) is 5.32 Å². The van der Waals surface area contributed by atoms with Crippen LogP contribution < -0.4 is 11.1 Å². The van der Waals surface area contributed by atoms with Crippen molar-refractivity contribution in [2.75, 3.05) is 0 Å². The van der Waals surface area contributed by atoms with Gasteiger partial charge in [-0.25, -0.2) is 4.39 Å². The smallest absolute Gasteiger partial charge is 0.252 e. The van der Waals surface area contributed by atoms with Crippen LogP contribution in [0.3, 0.4) is 0 Å². The molecular weight excluding hydrogens is 285 g/mol. The number of amides is 2. The highest BCUT2D eigenvalue weighted by Gasteiger charge is 2.21. The van der Waals surface area contributed by atoms with E-state index in [1.165, 1.54) is 48.5 Å². The maximum Gasteiger partial charge on any atom is 0.252 e. The zero-order chi connectivity index (χ0) is 16.1. The van der Waals surface area contributed by atoms with Crippen LogP contribution in [0.5, 0.6) is 0 Å². The van der Waals surface area contributed by atoms with Gasteiger partial charge in [0.2, 0.25) is 5.91 Å². The van der Waals surface area contributed by atoms with Crippen LogP contribution >= 0.6 is 0 Å². The fourth-order valence-corrected chi connectivity index (χ4v) is 1.88. The molecule has 0 saturated heterocycles. The zero-order valence-corrected chi connectivity index (χ0v) is 11.4. The van der Waals surface area contributed by atoms with Crippen LogP contribution in [0.4, 0.5) is 4.39 Å². The van der Waals surface area contributed by atoms with Crippen molar-refractivity contribution in [2.24, 2.45) is 5.73 Å². The first kappa shape index (κ1) is 15.2. The summed E-state index contributed by atoms with van der Waals surface area (Å²) in [4.78, 5) is 23.6. The molecule has 2 rings (SSSR count). The van der Waals surface area contributed by atoms with E-state index in [9.17, 15) is 14.0 Å². The summed E-state index contributed by atoms with van der Waals surface area (Å²) < 4.78 is 12.9. The average molecular weight is 297 g/mol. The number of benzene rings is 2. The number of primary amides is 1. The number of nitrogens with zero attached hydrogens (tertiary/aromatic N) is 1. The lowest BCUT2D eigenvalue weighted by atomic mass is 10.1. The number of nitrogens with two attached hydrogens (primary N) is 1. The quantitative estimate of drug-likeness (QED) is 0.898. The predicted octanol–water partition coefficient (Wildman–Crippen LogP) is 1.65. The zero-order valence-electron chi connectivity index (χ0n) is 11.4. The molecular formula is C16H12FN3O2. The summed E-state index contributed by atoms with van der Waals surface area (Å²) in [6, 6.07) is 11.9. The highest BCUT2D eigenvalue weighted by atomic mass is 19.1. The summed E-state index contributed by atoms with van der Waals surface area (Å²) >= 11 is 0. The molecule has 0 radical (unpaired) electrons. The second-order valence-electron chi connectivity index (χ2n) is 4.55. The number of rotatable bonds is 4. The van der Waals surface area contributed by atoms with Gasteiger partial charge in [0.1, 0.15) is 11.9 Å². The average Bonchev–Trinajstić information content (AvgIpc) is 2.53. The lowest BCUT2D eigenvalue weighted by molar-refractivity contribution is -0.120. The largest absolute Gasteiger partial charge is 0.368 e. The van der Waals surface area contributed by atoms with Gasteiger partial charge in [0.05, 0.1) is 11.6 Å². The monoisotopic (exact) mass is 297 g/mol. The molecule has 0 aliphatic carbocycles. The molecule has 0 spiro atoms. The Morgan fingerprint density at radius 1 is 1.09 bits per heavy atom. The second kappa shape index (κ2) is 6.50. The van der Waals surface area contributed by atoms with Crippen molar-refractivity contribution >= 4 is 11.8 Å². The number of nitriles is 1. The minimum Gasteiger partial charge on any atom is -0.368 e. The van der Waals surface area contributed by atoms with Gasteiger partial charge in [-0.2, -0.15) is 5.26 Å². The first-order chi connectivity index (χ1) is 10.5. The van der Waals surface area contributed by atoms with Crippen molar-refractivity contribution in [3.63, 3.8) is 0 Å². The molecule has 0 bridgehead atoms. The summed E-state index contributed by atoms with van der Waals surface area (Å²) in [7, 11) is 0. The molecule has 2 aromatic rings. The van der Waals surface area contributed by atoms with Crippen LogP contribution in [0.25, 0.3) is 0 Å². The van der Waals surface area contributed by atoms with Crippen LogP contribution in [0.2, 0.25) is 0 Å². The van der Waals surface area contributed by atoms with Gasteiger partial charge in [-0.1, -0.05) is 12.1 Å². The van der Waals surface area contributed by atoms with Crippen LogP contribution in [-0.2, 0) is 4.79 Å². The van der Waals surface area contributed by atoms with E-state index in [4.69, 9.17) is 11.0 Å². The fraction of sp³-hybridized carbons (Fsp3) is 0.0625. The highest BCUT2D eigenvalue weighted by molar-refractivity contribution is 5.97. The first-order valence-corrected chi connectivity index (χ1v) is 6.37. The Balaban J connectivity index is 2.20. The molecule has 2 amide bonds. The maximum atomic E-state index is 12.9. The van der Waals surface area contributed by atoms with Gasteiger partial charge in [-0.15, -0.1) is 0 Å². The Hall–Kier alpha value is -3.20. The van der Waals surface area contributed by atoms with E-state index in [0.29, 0.717) is 11.1 Å². The SMILES string of the molecule is N#Cc1ccc(C(=O)N[C@@H](C(N)=O)c2ccc(F)cc2)cc1. The molecule has 0 unspecified atom stereocenters. The lowest BCUT2D eigenvalue weighted by Crippen LogP contribution is -2.37. The van der Waals surface area contributed by atoms with Crippen LogP contribution in [0.15, 0.2) is 48.5 Å². The van der Waals surface area contributed by atoms with E-state index in [1.54, 1.807) is 0 Å². The Morgan fingerprint density at radius 3 is 2.18 bits per heavy atom. The highest BCUT2D eigenvalue weighted by Crippen LogP contribution is 2.14. The van der Waals surface area contributed by atoms with Crippen molar-refractivity contribution in [3.8, 4) is 6.07 Å². The molecule has 5 nitrogen and oxygen atoms in total. The van der Waals surface area contributed by atoms with Crippen LogP contribution in [0.1, 0.15) is 27.5 Å². The number of hydrogen-bond donors (Lipinski definition) is 2. The van der Waals surface area contributed by atoms with Gasteiger partial charge in [-0.05, 0) is 42.0 Å². The Bertz CT molecular complexity index is 733. The van der Waals surface area contributed by atoms with Crippen molar-refractivity contribution in [1.82, 2.24) is 5.32 Å². The number of halogens is 1. The molecule has 1 atom stereocenters. The molecule has 0 heterocycles. The molecule has 0 saturated carbocycles. The van der Waals surface area contributed by atoms with Crippen LogP contribution in [0, 0.1) is 17.1 Å². The molecule has 2 aromatic carbocycles. The molecule has 0 aliphatic heterocycles. The van der Waals surface area contributed by atoms with Gasteiger partial charge in [0.25, 0.3) is 5.91 Å². The van der Waals surface area contributed by atoms with Gasteiger partial charge in [0.15, 0.2) is 0 Å². The fourth-order valence-electron chi connectivity index (χ4n) is 1.88. The number of carbonyl (C=O) groups is 2. The standard InChI is InChI=1S/C16H12FN3O2/c17-13-7-5-11(6-8-13)14(15(19)21)20-16(22)12-3-1-10(9-18)2-4-12/h1-8,14H,(H2,19,21)(H,20,22)/t14-/m1/s1. The topological polar surface area (TPSA) is 96.0 Å². The van der Waals surface area contributed by atoms with E-state index in [1.807, 2.05) is 6.07 Å². The lowest BCUT2D eigenvalue weighted by Gasteiger charge is -2.16. The van der Waals surface area contributed by atoms with E-state index < -0.39 is 23.7 Å². The van der Waals surface area contributed by atoms with E-state index in [-0.39, 0.29) is 5.56 Å². The van der Waals surface area contributed by atoms with Gasteiger partial charge in [-0.3, -0.25) is 9.59 Å². The maximum absolute atomic E-state index is 12.9. The normalized spacial score (nSPS) is 11.3. The van der Waals surface area contributed by atoms with Gasteiger partial charge in [0, 0.05) is 5.56 Å². The third-order valence-electron chi connectivity index (χ3n) is 3.04. The van der Waals surface area contributed by atoms with Crippen molar-refractivity contribution in [1.29, 1.82) is 5.26 Å². The molecule has 3 N–H and O–H groups in total. The number of nitrogens with one attached hydrogen (secondary N) is 1. The van der Waals surface area contributed by atoms with Crippen LogP contribution in [-0.4, -0.2) is 11.8 Å². The Kier molecular flexibility index (Phi) is 4.49. The summed E-state index contributed by atoms with van der Waals surface area (Å²) in [5, 5.41) is 11.2. The summed E-state index contributed by atoms with van der Waals surface area (Å²) in [5.74, 6) is -1.73. The van der Waals surface area contributed by atoms with Gasteiger partial charge >= 0.3 is 0 Å². The first-order valence-electron chi connectivity index (χ1n) is 6.37. The molecule has 0 aromatic heterocycles. The molecule has 0 fully saturated rings. The van der Waals surface area contributed by atoms with E-state index in [0.717, 1.165) is 0 Å². The molecule has 110 valence electrons. The Labute approximate surface area is 126 Å². The van der Waals surface area contributed by atoms with E-state index >= 15 is 0 Å². The van der Waals surface area contributed by atoms with Crippen molar-refractivity contribution in [3.05, 3.63) is 71.0 Å². The Morgan fingerprint density at radius 2 is 1.68 bits per heavy atom. The number of hydrogen-bond acceptors (Lipinski definition) is 3. The van der Waals surface area contributed by atoms with Crippen molar-refractivity contribution < 1.29 is 14.0 Å². The molecule has 22 heavy (non-hydrogen) atoms. The van der Waals surface area contributed by atoms with Crippen molar-refractivity contribution in [2.45, 2.75) is 6.04 Å². The van der Waals surface area contributed by atoms with Gasteiger partial charge < -0.3 is 11.1 Å². The third kappa shape index (κ3) is 3.46.